The van der Waals surface area contributed by atoms with Crippen molar-refractivity contribution < 1.29 is 4.74 Å². The molecule has 0 saturated carbocycles. The fourth-order valence-electron chi connectivity index (χ4n) is 3.08. The first-order valence-electron chi connectivity index (χ1n) is 7.48. The third kappa shape index (κ3) is 3.14. The highest BCUT2D eigenvalue weighted by Gasteiger charge is 2.28. The molecule has 0 aromatic carbocycles. The first kappa shape index (κ1) is 14.2. The van der Waals surface area contributed by atoms with Crippen LogP contribution >= 0.6 is 0 Å². The Morgan fingerprint density at radius 1 is 1.38 bits per heavy atom. The van der Waals surface area contributed by atoms with Gasteiger partial charge >= 0.3 is 0 Å². The lowest BCUT2D eigenvalue weighted by molar-refractivity contribution is 0.102. The Morgan fingerprint density at radius 3 is 3.05 bits per heavy atom. The van der Waals surface area contributed by atoms with E-state index in [1.54, 1.807) is 0 Å². The van der Waals surface area contributed by atoms with Crippen LogP contribution in [0.4, 0.5) is 0 Å². The summed E-state index contributed by atoms with van der Waals surface area (Å²) in [6, 6.07) is 6.08. The lowest BCUT2D eigenvalue weighted by Crippen LogP contribution is -2.35. The number of aromatic nitrogens is 3. The molecule has 21 heavy (non-hydrogen) atoms. The van der Waals surface area contributed by atoms with Gasteiger partial charge in [-0.3, -0.25) is 14.6 Å². The van der Waals surface area contributed by atoms with Crippen molar-refractivity contribution in [3.05, 3.63) is 47.5 Å². The minimum atomic E-state index is 0.380. The Morgan fingerprint density at radius 2 is 2.29 bits per heavy atom. The summed E-state index contributed by atoms with van der Waals surface area (Å²) >= 11 is 0. The van der Waals surface area contributed by atoms with Crippen LogP contribution in [0.3, 0.4) is 0 Å². The van der Waals surface area contributed by atoms with Crippen molar-refractivity contribution in [3.8, 4) is 0 Å². The van der Waals surface area contributed by atoms with Crippen molar-refractivity contribution in [3.63, 3.8) is 0 Å². The molecule has 0 spiro atoms. The van der Waals surface area contributed by atoms with Crippen molar-refractivity contribution in [2.24, 2.45) is 7.05 Å². The van der Waals surface area contributed by atoms with Gasteiger partial charge in [-0.2, -0.15) is 5.10 Å². The van der Waals surface area contributed by atoms with E-state index in [4.69, 9.17) is 4.74 Å². The van der Waals surface area contributed by atoms with Crippen LogP contribution in [-0.4, -0.2) is 39.4 Å². The number of ether oxygens (including phenoxy) is 1. The smallest absolute Gasteiger partial charge is 0.0562 e. The van der Waals surface area contributed by atoms with Gasteiger partial charge in [0.2, 0.25) is 0 Å². The fraction of sp³-hybridized carbons (Fsp3) is 0.500. The SMILES string of the molecule is CCOC[C@@H]1CN(Cc2ccccn2)Cc2cnn(C)c21. The molecule has 3 heterocycles. The topological polar surface area (TPSA) is 43.2 Å². The molecule has 0 N–H and O–H groups in total. The molecule has 1 atom stereocenters. The molecule has 3 rings (SSSR count). The first-order chi connectivity index (χ1) is 10.3. The number of pyridine rings is 1. The van der Waals surface area contributed by atoms with Crippen LogP contribution in [0.15, 0.2) is 30.6 Å². The van der Waals surface area contributed by atoms with Crippen molar-refractivity contribution in [1.29, 1.82) is 0 Å². The maximum Gasteiger partial charge on any atom is 0.0562 e. The fourth-order valence-corrected chi connectivity index (χ4v) is 3.08. The van der Waals surface area contributed by atoms with Crippen LogP contribution in [0.2, 0.25) is 0 Å². The van der Waals surface area contributed by atoms with E-state index < -0.39 is 0 Å². The molecule has 5 heteroatoms. The molecular weight excluding hydrogens is 264 g/mol. The summed E-state index contributed by atoms with van der Waals surface area (Å²) in [5, 5.41) is 4.42. The molecule has 1 aliphatic heterocycles. The quantitative estimate of drug-likeness (QED) is 0.842. The first-order valence-corrected chi connectivity index (χ1v) is 7.48. The molecule has 2 aromatic heterocycles. The summed E-state index contributed by atoms with van der Waals surface area (Å²) < 4.78 is 7.67. The zero-order chi connectivity index (χ0) is 14.7. The van der Waals surface area contributed by atoms with E-state index in [0.717, 1.165) is 38.5 Å². The molecule has 0 bridgehead atoms. The average molecular weight is 286 g/mol. The summed E-state index contributed by atoms with van der Waals surface area (Å²) in [5.74, 6) is 0.380. The summed E-state index contributed by atoms with van der Waals surface area (Å²) in [5.41, 5.74) is 3.74. The normalized spacial score (nSPS) is 18.7. The standard InChI is InChI=1S/C16H22N4O/c1-3-21-12-14-10-20(11-15-6-4-5-7-17-15)9-13-8-18-19(2)16(13)14/h4-8,14H,3,9-12H2,1-2H3/t14-/m0/s1. The average Bonchev–Trinajstić information content (AvgIpc) is 2.87. The molecule has 0 saturated heterocycles. The number of fused-ring (bicyclic) bond motifs is 1. The zero-order valence-electron chi connectivity index (χ0n) is 12.7. The van der Waals surface area contributed by atoms with E-state index in [9.17, 15) is 0 Å². The van der Waals surface area contributed by atoms with Crippen LogP contribution in [0, 0.1) is 0 Å². The predicted octanol–water partition coefficient (Wildman–Crippen LogP) is 1.95. The van der Waals surface area contributed by atoms with Crippen molar-refractivity contribution in [2.75, 3.05) is 19.8 Å². The largest absolute Gasteiger partial charge is 0.381 e. The van der Waals surface area contributed by atoms with Crippen LogP contribution < -0.4 is 0 Å². The maximum absolute atomic E-state index is 5.67. The molecule has 0 fully saturated rings. The number of rotatable bonds is 5. The third-order valence-electron chi connectivity index (χ3n) is 3.96. The van der Waals surface area contributed by atoms with Crippen LogP contribution in [0.25, 0.3) is 0 Å². The van der Waals surface area contributed by atoms with E-state index in [-0.39, 0.29) is 0 Å². The van der Waals surface area contributed by atoms with Gasteiger partial charge in [0.05, 0.1) is 18.5 Å². The molecule has 0 amide bonds. The van der Waals surface area contributed by atoms with Gasteiger partial charge in [-0.05, 0) is 19.1 Å². The van der Waals surface area contributed by atoms with Gasteiger partial charge in [-0.15, -0.1) is 0 Å². The summed E-state index contributed by atoms with van der Waals surface area (Å²) in [4.78, 5) is 6.85. The van der Waals surface area contributed by atoms with Crippen molar-refractivity contribution in [2.45, 2.75) is 25.9 Å². The van der Waals surface area contributed by atoms with E-state index in [2.05, 4.69) is 21.0 Å². The Balaban J connectivity index is 1.77. The third-order valence-corrected chi connectivity index (χ3v) is 3.96. The highest BCUT2D eigenvalue weighted by molar-refractivity contribution is 5.25. The van der Waals surface area contributed by atoms with Gasteiger partial charge in [0.25, 0.3) is 0 Å². The Labute approximate surface area is 125 Å². The number of aryl methyl sites for hydroxylation is 1. The molecular formula is C16H22N4O. The lowest BCUT2D eigenvalue weighted by Gasteiger charge is -2.32. The molecule has 2 aromatic rings. The summed E-state index contributed by atoms with van der Waals surface area (Å²) in [7, 11) is 2.02. The summed E-state index contributed by atoms with van der Waals surface area (Å²) in [6.07, 6.45) is 3.84. The van der Waals surface area contributed by atoms with Crippen molar-refractivity contribution in [1.82, 2.24) is 19.7 Å². The molecule has 0 unspecified atom stereocenters. The van der Waals surface area contributed by atoms with E-state index in [0.29, 0.717) is 5.92 Å². The van der Waals surface area contributed by atoms with Crippen LogP contribution in [0.1, 0.15) is 29.8 Å². The zero-order valence-corrected chi connectivity index (χ0v) is 12.7. The number of hydrogen-bond acceptors (Lipinski definition) is 4. The van der Waals surface area contributed by atoms with Gasteiger partial charge in [0.15, 0.2) is 0 Å². The Bertz CT molecular complexity index is 581. The van der Waals surface area contributed by atoms with Gasteiger partial charge in [0, 0.05) is 56.7 Å². The minimum Gasteiger partial charge on any atom is -0.381 e. The van der Waals surface area contributed by atoms with E-state index in [1.165, 1.54) is 11.3 Å². The monoisotopic (exact) mass is 286 g/mol. The Kier molecular flexibility index (Phi) is 4.31. The molecule has 5 nitrogen and oxygen atoms in total. The highest BCUT2D eigenvalue weighted by Crippen LogP contribution is 2.28. The maximum atomic E-state index is 5.67. The second kappa shape index (κ2) is 6.37. The summed E-state index contributed by atoms with van der Waals surface area (Å²) in [6.45, 7) is 6.34. The van der Waals surface area contributed by atoms with Gasteiger partial charge in [-0.25, -0.2) is 0 Å². The number of hydrogen-bond donors (Lipinski definition) is 0. The minimum absolute atomic E-state index is 0.380. The lowest BCUT2D eigenvalue weighted by atomic mass is 9.97. The predicted molar refractivity (Wildman–Crippen MR) is 80.8 cm³/mol. The Hall–Kier alpha value is -1.72. The van der Waals surface area contributed by atoms with Crippen LogP contribution in [0.5, 0.6) is 0 Å². The highest BCUT2D eigenvalue weighted by atomic mass is 16.5. The number of nitrogens with zero attached hydrogens (tertiary/aromatic N) is 4. The second-order valence-corrected chi connectivity index (χ2v) is 5.53. The van der Waals surface area contributed by atoms with E-state index >= 15 is 0 Å². The van der Waals surface area contributed by atoms with Crippen LogP contribution in [-0.2, 0) is 24.9 Å². The van der Waals surface area contributed by atoms with E-state index in [1.807, 2.05) is 43.2 Å². The van der Waals surface area contributed by atoms with Gasteiger partial charge in [0.1, 0.15) is 0 Å². The van der Waals surface area contributed by atoms with Gasteiger partial charge in [-0.1, -0.05) is 6.07 Å². The molecule has 0 radical (unpaired) electrons. The molecule has 1 aliphatic rings. The molecule has 0 aliphatic carbocycles. The van der Waals surface area contributed by atoms with Gasteiger partial charge < -0.3 is 4.74 Å². The molecule has 112 valence electrons. The van der Waals surface area contributed by atoms with Crippen molar-refractivity contribution >= 4 is 0 Å². The second-order valence-electron chi connectivity index (χ2n) is 5.53.